The number of nitrogens with two attached hydrogens (primary N) is 1. The predicted molar refractivity (Wildman–Crippen MR) is 54.5 cm³/mol. The molecule has 1 aliphatic carbocycles. The summed E-state index contributed by atoms with van der Waals surface area (Å²) in [5.74, 6) is 4.11. The van der Waals surface area contributed by atoms with E-state index < -0.39 is 5.97 Å². The molecule has 0 aliphatic heterocycles. The summed E-state index contributed by atoms with van der Waals surface area (Å²) in [6.45, 7) is 1.44. The molecule has 0 aromatic carbocycles. The Bertz CT molecular complexity index is 237. The summed E-state index contributed by atoms with van der Waals surface area (Å²) in [6.07, 6.45) is 5.39. The number of carbonyl (C=O) groups is 2. The summed E-state index contributed by atoms with van der Waals surface area (Å²) in [5.41, 5.74) is 0. The summed E-state index contributed by atoms with van der Waals surface area (Å²) in [6, 6.07) is 0.176. The predicted octanol–water partition coefficient (Wildman–Crippen LogP) is 0.584. The fourth-order valence-corrected chi connectivity index (χ4v) is 2.07. The molecule has 0 bridgehead atoms. The Labute approximate surface area is 89.5 Å². The molecule has 0 unspecified atom stereocenters. The van der Waals surface area contributed by atoms with E-state index in [1.54, 1.807) is 4.90 Å². The largest absolute Gasteiger partial charge is 0.372 e. The maximum Gasteiger partial charge on any atom is 0.344 e. The van der Waals surface area contributed by atoms with E-state index in [0.717, 1.165) is 25.7 Å². The minimum atomic E-state index is -0.559. The van der Waals surface area contributed by atoms with Gasteiger partial charge in [-0.3, -0.25) is 4.79 Å². The number of amides is 1. The smallest absolute Gasteiger partial charge is 0.344 e. The highest BCUT2D eigenvalue weighted by Gasteiger charge is 2.25. The minimum absolute atomic E-state index is 0.0312. The Morgan fingerprint density at radius 3 is 2.40 bits per heavy atom. The highest BCUT2D eigenvalue weighted by atomic mass is 16.7. The molecule has 0 aromatic rings. The Morgan fingerprint density at radius 2 is 1.93 bits per heavy atom. The van der Waals surface area contributed by atoms with Crippen LogP contribution in [0, 0.1) is 0 Å². The van der Waals surface area contributed by atoms with Crippen molar-refractivity contribution in [3.63, 3.8) is 0 Å². The molecule has 1 fully saturated rings. The average molecular weight is 214 g/mol. The van der Waals surface area contributed by atoms with Crippen molar-refractivity contribution in [3.8, 4) is 0 Å². The van der Waals surface area contributed by atoms with Crippen LogP contribution in [-0.2, 0) is 14.4 Å². The van der Waals surface area contributed by atoms with Crippen molar-refractivity contribution in [1.82, 2.24) is 4.90 Å². The van der Waals surface area contributed by atoms with E-state index in [0.29, 0.717) is 0 Å². The van der Waals surface area contributed by atoms with Gasteiger partial charge in [-0.25, -0.2) is 4.79 Å². The zero-order chi connectivity index (χ0) is 11.3. The zero-order valence-electron chi connectivity index (χ0n) is 9.07. The van der Waals surface area contributed by atoms with E-state index in [9.17, 15) is 9.59 Å². The molecule has 86 valence electrons. The lowest BCUT2D eigenvalue weighted by molar-refractivity contribution is -0.151. The molecule has 0 saturated heterocycles. The third-order valence-electron chi connectivity index (χ3n) is 2.85. The molecular weight excluding hydrogens is 196 g/mol. The third-order valence-corrected chi connectivity index (χ3v) is 2.85. The van der Waals surface area contributed by atoms with Gasteiger partial charge in [-0.2, -0.15) is 5.90 Å². The maximum atomic E-state index is 11.4. The molecular formula is C10H18N2O3. The molecule has 1 aliphatic rings. The maximum absolute atomic E-state index is 11.4. The number of hydrogen-bond donors (Lipinski definition) is 1. The van der Waals surface area contributed by atoms with Crippen molar-refractivity contribution >= 4 is 11.9 Å². The van der Waals surface area contributed by atoms with Gasteiger partial charge >= 0.3 is 5.97 Å². The van der Waals surface area contributed by atoms with Crippen molar-refractivity contribution in [3.05, 3.63) is 0 Å². The summed E-state index contributed by atoms with van der Waals surface area (Å²) < 4.78 is 0. The standard InChI is InChI=1S/C10H18N2O3/c1-8(13)12(7-10(14)15-11)9-5-3-2-4-6-9/h9H,2-7,11H2,1H3. The first-order chi connectivity index (χ1) is 7.15. The zero-order valence-corrected chi connectivity index (χ0v) is 9.07. The highest BCUT2D eigenvalue weighted by Crippen LogP contribution is 2.22. The monoisotopic (exact) mass is 214 g/mol. The van der Waals surface area contributed by atoms with Crippen LogP contribution >= 0.6 is 0 Å². The highest BCUT2D eigenvalue weighted by molar-refractivity contribution is 5.80. The second kappa shape index (κ2) is 5.70. The quantitative estimate of drug-likeness (QED) is 0.698. The number of rotatable bonds is 3. The van der Waals surface area contributed by atoms with Gasteiger partial charge in [0.2, 0.25) is 5.91 Å². The van der Waals surface area contributed by atoms with Crippen LogP contribution in [0.4, 0.5) is 0 Å². The van der Waals surface area contributed by atoms with Crippen LogP contribution in [-0.4, -0.2) is 29.4 Å². The molecule has 0 heterocycles. The van der Waals surface area contributed by atoms with Crippen LogP contribution in [0.25, 0.3) is 0 Å². The molecule has 0 aromatic heterocycles. The van der Waals surface area contributed by atoms with Crippen LogP contribution in [0.5, 0.6) is 0 Å². The molecule has 5 nitrogen and oxygen atoms in total. The van der Waals surface area contributed by atoms with Gasteiger partial charge in [-0.1, -0.05) is 19.3 Å². The second-order valence-corrected chi connectivity index (χ2v) is 3.93. The first kappa shape index (κ1) is 12.0. The first-order valence-electron chi connectivity index (χ1n) is 5.32. The minimum Gasteiger partial charge on any atom is -0.372 e. The van der Waals surface area contributed by atoms with E-state index in [1.807, 2.05) is 0 Å². The van der Waals surface area contributed by atoms with E-state index >= 15 is 0 Å². The van der Waals surface area contributed by atoms with E-state index in [2.05, 4.69) is 4.84 Å². The van der Waals surface area contributed by atoms with Gasteiger partial charge in [0.05, 0.1) is 0 Å². The van der Waals surface area contributed by atoms with Gasteiger partial charge in [-0.05, 0) is 12.8 Å². The van der Waals surface area contributed by atoms with Crippen molar-refractivity contribution in [2.45, 2.75) is 45.1 Å². The molecule has 5 heteroatoms. The summed E-state index contributed by atoms with van der Waals surface area (Å²) in [7, 11) is 0. The molecule has 1 rings (SSSR count). The lowest BCUT2D eigenvalue weighted by atomic mass is 9.94. The van der Waals surface area contributed by atoms with E-state index in [-0.39, 0.29) is 18.5 Å². The van der Waals surface area contributed by atoms with Crippen LogP contribution < -0.4 is 5.90 Å². The van der Waals surface area contributed by atoms with Gasteiger partial charge in [0, 0.05) is 13.0 Å². The molecule has 0 radical (unpaired) electrons. The molecule has 15 heavy (non-hydrogen) atoms. The van der Waals surface area contributed by atoms with Crippen molar-refractivity contribution < 1.29 is 14.4 Å². The fraction of sp³-hybridized carbons (Fsp3) is 0.800. The van der Waals surface area contributed by atoms with Crippen LogP contribution in [0.1, 0.15) is 39.0 Å². The Hall–Kier alpha value is -1.10. The molecule has 1 saturated carbocycles. The lowest BCUT2D eigenvalue weighted by Gasteiger charge is -2.32. The SMILES string of the molecule is CC(=O)N(CC(=O)ON)C1CCCCC1. The van der Waals surface area contributed by atoms with E-state index in [4.69, 9.17) is 5.90 Å². The van der Waals surface area contributed by atoms with Gasteiger partial charge < -0.3 is 9.74 Å². The number of carbonyl (C=O) groups excluding carboxylic acids is 2. The second-order valence-electron chi connectivity index (χ2n) is 3.93. The molecule has 0 atom stereocenters. The molecule has 0 spiro atoms. The topological polar surface area (TPSA) is 72.6 Å². The molecule has 1 amide bonds. The van der Waals surface area contributed by atoms with Crippen LogP contribution in [0.2, 0.25) is 0 Å². The Morgan fingerprint density at radius 1 is 1.33 bits per heavy atom. The third kappa shape index (κ3) is 3.51. The van der Waals surface area contributed by atoms with Gasteiger partial charge in [0.1, 0.15) is 6.54 Å². The lowest BCUT2D eigenvalue weighted by Crippen LogP contribution is -2.44. The number of nitrogens with zero attached hydrogens (tertiary/aromatic N) is 1. The number of hydrogen-bond acceptors (Lipinski definition) is 4. The summed E-state index contributed by atoms with van der Waals surface area (Å²) >= 11 is 0. The van der Waals surface area contributed by atoms with Crippen LogP contribution in [0.3, 0.4) is 0 Å². The summed E-state index contributed by atoms with van der Waals surface area (Å²) in [4.78, 5) is 28.1. The Kier molecular flexibility index (Phi) is 4.55. The summed E-state index contributed by atoms with van der Waals surface area (Å²) in [5, 5.41) is 0. The van der Waals surface area contributed by atoms with Crippen molar-refractivity contribution in [2.75, 3.05) is 6.54 Å². The van der Waals surface area contributed by atoms with Crippen molar-refractivity contribution in [1.29, 1.82) is 0 Å². The average Bonchev–Trinajstić information content (AvgIpc) is 2.26. The Balaban J connectivity index is 2.55. The fourth-order valence-electron chi connectivity index (χ4n) is 2.07. The first-order valence-corrected chi connectivity index (χ1v) is 5.32. The van der Waals surface area contributed by atoms with Crippen molar-refractivity contribution in [2.24, 2.45) is 5.90 Å². The van der Waals surface area contributed by atoms with Gasteiger partial charge in [0.25, 0.3) is 0 Å². The van der Waals surface area contributed by atoms with E-state index in [1.165, 1.54) is 13.3 Å². The van der Waals surface area contributed by atoms with Gasteiger partial charge in [-0.15, -0.1) is 0 Å². The van der Waals surface area contributed by atoms with Crippen LogP contribution in [0.15, 0.2) is 0 Å². The van der Waals surface area contributed by atoms with Gasteiger partial charge in [0.15, 0.2) is 0 Å². The normalized spacial score (nSPS) is 17.2. The molecule has 2 N–H and O–H groups in total.